The van der Waals surface area contributed by atoms with E-state index in [1.165, 1.54) is 0 Å². The smallest absolute Gasteiger partial charge is 0.227 e. The first-order valence-corrected chi connectivity index (χ1v) is 7.95. The van der Waals surface area contributed by atoms with E-state index in [9.17, 15) is 4.79 Å². The van der Waals surface area contributed by atoms with E-state index in [0.29, 0.717) is 11.5 Å². The van der Waals surface area contributed by atoms with Crippen molar-refractivity contribution in [1.82, 2.24) is 4.98 Å². The summed E-state index contributed by atoms with van der Waals surface area (Å²) < 4.78 is 5.75. The second kappa shape index (κ2) is 10.2. The Morgan fingerprint density at radius 1 is 1.12 bits per heavy atom. The largest absolute Gasteiger partial charge is 0.457 e. The summed E-state index contributed by atoms with van der Waals surface area (Å²) in [5.74, 6) is 1.43. The van der Waals surface area contributed by atoms with Crippen LogP contribution in [0.2, 0.25) is 0 Å². The third-order valence-corrected chi connectivity index (χ3v) is 4.07. The fourth-order valence-corrected chi connectivity index (χ4v) is 2.89. The molecule has 0 radical (unpaired) electrons. The topological polar surface area (TPSA) is 77.2 Å². The van der Waals surface area contributed by atoms with Gasteiger partial charge in [-0.15, -0.1) is 24.8 Å². The number of nitrogens with zero attached hydrogens (tertiary/aromatic N) is 1. The summed E-state index contributed by atoms with van der Waals surface area (Å²) in [6, 6.07) is 11.1. The molecule has 1 amide bonds. The molecule has 1 aromatic heterocycles. The highest BCUT2D eigenvalue weighted by atomic mass is 35.5. The molecule has 25 heavy (non-hydrogen) atoms. The van der Waals surface area contributed by atoms with Crippen molar-refractivity contribution in [3.63, 3.8) is 0 Å². The highest BCUT2D eigenvalue weighted by Gasteiger charge is 2.25. The second-order valence-electron chi connectivity index (χ2n) is 5.93. The molecule has 7 heteroatoms. The third-order valence-electron chi connectivity index (χ3n) is 4.07. The van der Waals surface area contributed by atoms with Crippen molar-refractivity contribution in [3.05, 3.63) is 48.8 Å². The van der Waals surface area contributed by atoms with Crippen molar-refractivity contribution in [2.24, 2.45) is 11.7 Å². The van der Waals surface area contributed by atoms with Crippen molar-refractivity contribution in [1.29, 1.82) is 0 Å². The number of nitrogens with one attached hydrogen (secondary N) is 1. The molecule has 1 saturated carbocycles. The number of ether oxygens (including phenoxy) is 1. The van der Waals surface area contributed by atoms with Crippen LogP contribution in [0.4, 0.5) is 5.69 Å². The molecule has 136 valence electrons. The predicted octanol–water partition coefficient (Wildman–Crippen LogP) is 4.17. The minimum atomic E-state index is 0. The molecule has 1 fully saturated rings. The van der Waals surface area contributed by atoms with Gasteiger partial charge in [0.05, 0.1) is 0 Å². The lowest BCUT2D eigenvalue weighted by atomic mass is 9.85. The number of amides is 1. The highest BCUT2D eigenvalue weighted by molar-refractivity contribution is 5.92. The van der Waals surface area contributed by atoms with Crippen molar-refractivity contribution >= 4 is 36.4 Å². The Balaban J connectivity index is 0.00000156. The highest BCUT2D eigenvalue weighted by Crippen LogP contribution is 2.27. The molecular formula is C18H23Cl2N3O2. The lowest BCUT2D eigenvalue weighted by Crippen LogP contribution is -2.34. The van der Waals surface area contributed by atoms with Crippen LogP contribution in [0, 0.1) is 5.92 Å². The Morgan fingerprint density at radius 2 is 1.88 bits per heavy atom. The van der Waals surface area contributed by atoms with E-state index in [-0.39, 0.29) is 42.7 Å². The van der Waals surface area contributed by atoms with Gasteiger partial charge in [0, 0.05) is 36.1 Å². The van der Waals surface area contributed by atoms with Gasteiger partial charge in [0.2, 0.25) is 5.91 Å². The molecule has 0 spiro atoms. The molecule has 3 rings (SSSR count). The zero-order valence-corrected chi connectivity index (χ0v) is 15.4. The van der Waals surface area contributed by atoms with E-state index in [2.05, 4.69) is 10.3 Å². The average Bonchev–Trinajstić information content (AvgIpc) is 2.56. The van der Waals surface area contributed by atoms with E-state index in [0.717, 1.165) is 31.4 Å². The zero-order chi connectivity index (χ0) is 16.1. The quantitative estimate of drug-likeness (QED) is 0.829. The number of benzene rings is 1. The molecule has 3 N–H and O–H groups in total. The van der Waals surface area contributed by atoms with E-state index in [1.807, 2.05) is 24.3 Å². The standard InChI is InChI=1S/C18H21N3O2.2ClH/c19-14-4-1-3-13(11-14)18(22)21-15-5-2-6-17(12-15)23-16-7-9-20-10-8-16;;/h2,5-10,12-14H,1,3-4,11,19H2,(H,21,22);2*1H. The summed E-state index contributed by atoms with van der Waals surface area (Å²) in [6.07, 6.45) is 7.05. The number of pyridine rings is 1. The molecule has 0 aliphatic heterocycles. The molecule has 0 bridgehead atoms. The fourth-order valence-electron chi connectivity index (χ4n) is 2.89. The first-order chi connectivity index (χ1) is 11.2. The van der Waals surface area contributed by atoms with Crippen LogP contribution in [-0.2, 0) is 4.79 Å². The molecule has 2 aromatic rings. The van der Waals surface area contributed by atoms with Gasteiger partial charge in [-0.25, -0.2) is 0 Å². The minimum absolute atomic E-state index is 0. The first-order valence-electron chi connectivity index (χ1n) is 7.95. The maximum absolute atomic E-state index is 12.4. The van der Waals surface area contributed by atoms with Crippen molar-refractivity contribution in [2.75, 3.05) is 5.32 Å². The van der Waals surface area contributed by atoms with Crippen LogP contribution in [0.1, 0.15) is 25.7 Å². The van der Waals surface area contributed by atoms with Gasteiger partial charge in [0.25, 0.3) is 0 Å². The number of carbonyl (C=O) groups excluding carboxylic acids is 1. The normalized spacial score (nSPS) is 19.1. The number of rotatable bonds is 4. The van der Waals surface area contributed by atoms with E-state index in [1.54, 1.807) is 24.5 Å². The molecule has 1 aliphatic carbocycles. The average molecular weight is 384 g/mol. The van der Waals surface area contributed by atoms with E-state index < -0.39 is 0 Å². The maximum atomic E-state index is 12.4. The number of hydrogen-bond donors (Lipinski definition) is 2. The molecule has 2 atom stereocenters. The monoisotopic (exact) mass is 383 g/mol. The fraction of sp³-hybridized carbons (Fsp3) is 0.333. The third kappa shape index (κ3) is 6.20. The lowest BCUT2D eigenvalue weighted by Gasteiger charge is -2.25. The molecule has 1 aliphatic rings. The van der Waals surface area contributed by atoms with Gasteiger partial charge < -0.3 is 15.8 Å². The number of aromatic nitrogens is 1. The van der Waals surface area contributed by atoms with Gasteiger partial charge in [-0.05, 0) is 43.5 Å². The Bertz CT molecular complexity index is 670. The van der Waals surface area contributed by atoms with Gasteiger partial charge in [0.15, 0.2) is 0 Å². The summed E-state index contributed by atoms with van der Waals surface area (Å²) in [5, 5.41) is 2.97. The number of carbonyl (C=O) groups is 1. The summed E-state index contributed by atoms with van der Waals surface area (Å²) in [4.78, 5) is 16.3. The summed E-state index contributed by atoms with van der Waals surface area (Å²) >= 11 is 0. The zero-order valence-electron chi connectivity index (χ0n) is 13.8. The minimum Gasteiger partial charge on any atom is -0.457 e. The number of halogens is 2. The maximum Gasteiger partial charge on any atom is 0.227 e. The predicted molar refractivity (Wildman–Crippen MR) is 104 cm³/mol. The number of nitrogens with two attached hydrogens (primary N) is 1. The Kier molecular flexibility index (Phi) is 8.69. The molecule has 1 aromatic carbocycles. The summed E-state index contributed by atoms with van der Waals surface area (Å²) in [5.41, 5.74) is 6.70. The van der Waals surface area contributed by atoms with Crippen molar-refractivity contribution < 1.29 is 9.53 Å². The van der Waals surface area contributed by atoms with Gasteiger partial charge >= 0.3 is 0 Å². The Labute approximate surface area is 160 Å². The van der Waals surface area contributed by atoms with Crippen LogP contribution in [0.5, 0.6) is 11.5 Å². The van der Waals surface area contributed by atoms with Crippen LogP contribution in [-0.4, -0.2) is 16.9 Å². The molecule has 5 nitrogen and oxygen atoms in total. The summed E-state index contributed by atoms with van der Waals surface area (Å²) in [7, 11) is 0. The lowest BCUT2D eigenvalue weighted by molar-refractivity contribution is -0.120. The Hall–Kier alpha value is -1.82. The van der Waals surface area contributed by atoms with E-state index >= 15 is 0 Å². The van der Waals surface area contributed by atoms with Crippen LogP contribution in [0.3, 0.4) is 0 Å². The van der Waals surface area contributed by atoms with Gasteiger partial charge in [-0.2, -0.15) is 0 Å². The van der Waals surface area contributed by atoms with Gasteiger partial charge in [-0.1, -0.05) is 12.5 Å². The van der Waals surface area contributed by atoms with Crippen molar-refractivity contribution in [3.8, 4) is 11.5 Å². The second-order valence-corrected chi connectivity index (χ2v) is 5.93. The number of anilines is 1. The molecular weight excluding hydrogens is 361 g/mol. The van der Waals surface area contributed by atoms with Crippen LogP contribution in [0.25, 0.3) is 0 Å². The van der Waals surface area contributed by atoms with Crippen LogP contribution < -0.4 is 15.8 Å². The molecule has 0 saturated heterocycles. The van der Waals surface area contributed by atoms with Crippen LogP contribution >= 0.6 is 24.8 Å². The molecule has 1 heterocycles. The van der Waals surface area contributed by atoms with E-state index in [4.69, 9.17) is 10.5 Å². The summed E-state index contributed by atoms with van der Waals surface area (Å²) in [6.45, 7) is 0. The Morgan fingerprint density at radius 3 is 2.60 bits per heavy atom. The molecule has 2 unspecified atom stereocenters. The number of hydrogen-bond acceptors (Lipinski definition) is 4. The van der Waals surface area contributed by atoms with Crippen molar-refractivity contribution in [2.45, 2.75) is 31.7 Å². The first kappa shape index (κ1) is 21.2. The van der Waals surface area contributed by atoms with Crippen LogP contribution in [0.15, 0.2) is 48.8 Å². The van der Waals surface area contributed by atoms with Gasteiger partial charge in [-0.3, -0.25) is 9.78 Å². The van der Waals surface area contributed by atoms with Gasteiger partial charge in [0.1, 0.15) is 11.5 Å². The SMILES string of the molecule is Cl.Cl.NC1CCCC(C(=O)Nc2cccc(Oc3ccncc3)c2)C1.